The summed E-state index contributed by atoms with van der Waals surface area (Å²) in [6.45, 7) is 1.57. The lowest BCUT2D eigenvalue weighted by Crippen LogP contribution is -2.47. The molecule has 1 aliphatic carbocycles. The topological polar surface area (TPSA) is 90.6 Å². The van der Waals surface area contributed by atoms with E-state index in [9.17, 15) is 4.79 Å². The first-order valence-corrected chi connectivity index (χ1v) is 8.38. The van der Waals surface area contributed by atoms with Crippen LogP contribution < -0.4 is 0 Å². The fourth-order valence-electron chi connectivity index (χ4n) is 4.33. The Bertz CT molecular complexity index is 928. The predicted molar refractivity (Wildman–Crippen MR) is 87.6 cm³/mol. The summed E-state index contributed by atoms with van der Waals surface area (Å²) in [6.07, 6.45) is 6.23. The van der Waals surface area contributed by atoms with Crippen molar-refractivity contribution in [1.82, 2.24) is 30.5 Å². The van der Waals surface area contributed by atoms with Crippen LogP contribution in [0, 0.1) is 0 Å². The number of piperidine rings is 1. The largest absolute Gasteiger partial charge is 0.338 e. The van der Waals surface area contributed by atoms with Crippen LogP contribution in [0.15, 0.2) is 24.4 Å². The van der Waals surface area contributed by atoms with Gasteiger partial charge in [-0.1, -0.05) is 0 Å². The van der Waals surface area contributed by atoms with E-state index >= 15 is 0 Å². The minimum atomic E-state index is 0.0533. The maximum absolute atomic E-state index is 13.0. The molecule has 1 aromatic carbocycles. The SMILES string of the molecule is O=C(c1ccc2n[nH]nc2c1)N1CCCC2(CCc3cn[nH]c32)C1. The van der Waals surface area contributed by atoms with Gasteiger partial charge in [0, 0.05) is 29.8 Å². The summed E-state index contributed by atoms with van der Waals surface area (Å²) in [7, 11) is 0. The van der Waals surface area contributed by atoms with Gasteiger partial charge in [0.05, 0.1) is 6.20 Å². The third kappa shape index (κ3) is 1.90. The minimum absolute atomic E-state index is 0.0533. The van der Waals surface area contributed by atoms with Gasteiger partial charge < -0.3 is 4.90 Å². The lowest BCUT2D eigenvalue weighted by Gasteiger charge is -2.40. The summed E-state index contributed by atoms with van der Waals surface area (Å²) in [5.74, 6) is 0.0759. The molecule has 7 heteroatoms. The summed E-state index contributed by atoms with van der Waals surface area (Å²) < 4.78 is 0. The second-order valence-corrected chi connectivity index (χ2v) is 6.91. The second-order valence-electron chi connectivity index (χ2n) is 6.91. The number of hydrogen-bond donors (Lipinski definition) is 2. The van der Waals surface area contributed by atoms with E-state index in [1.54, 1.807) is 0 Å². The van der Waals surface area contributed by atoms with Crippen molar-refractivity contribution in [2.24, 2.45) is 0 Å². The predicted octanol–water partition coefficient (Wildman–Crippen LogP) is 1.80. The Morgan fingerprint density at radius 1 is 1.21 bits per heavy atom. The third-order valence-electron chi connectivity index (χ3n) is 5.55. The highest BCUT2D eigenvalue weighted by molar-refractivity contribution is 5.97. The number of nitrogens with one attached hydrogen (secondary N) is 2. The fraction of sp³-hybridized carbons (Fsp3) is 0.412. The zero-order valence-electron chi connectivity index (χ0n) is 13.2. The van der Waals surface area contributed by atoms with Crippen molar-refractivity contribution in [3.63, 3.8) is 0 Å². The first-order chi connectivity index (χ1) is 11.8. The van der Waals surface area contributed by atoms with Crippen LogP contribution in [0.4, 0.5) is 0 Å². The molecule has 0 radical (unpaired) electrons. The fourth-order valence-corrected chi connectivity index (χ4v) is 4.33. The molecule has 1 saturated heterocycles. The second kappa shape index (κ2) is 4.90. The molecule has 0 saturated carbocycles. The Hall–Kier alpha value is -2.70. The Balaban J connectivity index is 1.45. The van der Waals surface area contributed by atoms with E-state index in [-0.39, 0.29) is 11.3 Å². The molecule has 2 aliphatic rings. The summed E-state index contributed by atoms with van der Waals surface area (Å²) in [5, 5.41) is 18.1. The van der Waals surface area contributed by atoms with E-state index < -0.39 is 0 Å². The van der Waals surface area contributed by atoms with Gasteiger partial charge in [-0.2, -0.15) is 20.5 Å². The Morgan fingerprint density at radius 2 is 2.12 bits per heavy atom. The number of carbonyl (C=O) groups is 1. The van der Waals surface area contributed by atoms with E-state index in [0.29, 0.717) is 5.56 Å². The number of hydrogen-bond acceptors (Lipinski definition) is 4. The number of rotatable bonds is 1. The molecule has 24 heavy (non-hydrogen) atoms. The van der Waals surface area contributed by atoms with E-state index in [1.165, 1.54) is 11.3 Å². The van der Waals surface area contributed by atoms with Crippen LogP contribution in [0.5, 0.6) is 0 Å². The molecular weight excluding hydrogens is 304 g/mol. The van der Waals surface area contributed by atoms with Gasteiger partial charge in [-0.3, -0.25) is 9.89 Å². The van der Waals surface area contributed by atoms with Crippen LogP contribution in [0.2, 0.25) is 0 Å². The van der Waals surface area contributed by atoms with Gasteiger partial charge in [-0.05, 0) is 49.4 Å². The number of H-pyrrole nitrogens is 2. The number of fused-ring (bicyclic) bond motifs is 3. The molecule has 1 amide bonds. The van der Waals surface area contributed by atoms with Crippen molar-refractivity contribution in [1.29, 1.82) is 0 Å². The molecule has 2 aromatic heterocycles. The molecule has 122 valence electrons. The molecule has 3 aromatic rings. The van der Waals surface area contributed by atoms with Crippen molar-refractivity contribution in [2.75, 3.05) is 13.1 Å². The van der Waals surface area contributed by atoms with Crippen molar-refractivity contribution < 1.29 is 4.79 Å². The normalized spacial score (nSPS) is 23.1. The Kier molecular flexibility index (Phi) is 2.80. The lowest BCUT2D eigenvalue weighted by atomic mass is 9.77. The zero-order valence-corrected chi connectivity index (χ0v) is 13.2. The highest BCUT2D eigenvalue weighted by Gasteiger charge is 2.44. The summed E-state index contributed by atoms with van der Waals surface area (Å²) in [5.41, 5.74) is 4.79. The summed E-state index contributed by atoms with van der Waals surface area (Å²) in [6, 6.07) is 5.50. The molecule has 3 heterocycles. The number of likely N-dealkylation sites (tertiary alicyclic amines) is 1. The molecule has 0 bridgehead atoms. The maximum Gasteiger partial charge on any atom is 0.253 e. The number of carbonyl (C=O) groups excluding carboxylic acids is 1. The van der Waals surface area contributed by atoms with Gasteiger partial charge in [0.1, 0.15) is 11.0 Å². The zero-order chi connectivity index (χ0) is 16.1. The van der Waals surface area contributed by atoms with Crippen LogP contribution >= 0.6 is 0 Å². The lowest BCUT2D eigenvalue weighted by molar-refractivity contribution is 0.0633. The first-order valence-electron chi connectivity index (χ1n) is 8.38. The molecule has 2 N–H and O–H groups in total. The number of amides is 1. The molecule has 1 atom stereocenters. The Morgan fingerprint density at radius 3 is 3.08 bits per heavy atom. The van der Waals surface area contributed by atoms with Gasteiger partial charge in [0.15, 0.2) is 0 Å². The highest BCUT2D eigenvalue weighted by Crippen LogP contribution is 2.44. The smallest absolute Gasteiger partial charge is 0.253 e. The molecule has 5 rings (SSSR count). The average Bonchev–Trinajstić information content (AvgIpc) is 3.32. The van der Waals surface area contributed by atoms with Crippen LogP contribution in [0.25, 0.3) is 11.0 Å². The van der Waals surface area contributed by atoms with Gasteiger partial charge >= 0.3 is 0 Å². The van der Waals surface area contributed by atoms with Crippen molar-refractivity contribution in [3.05, 3.63) is 41.2 Å². The van der Waals surface area contributed by atoms with Crippen LogP contribution in [0.1, 0.15) is 40.9 Å². The molecule has 7 nitrogen and oxygen atoms in total. The molecule has 1 spiro atoms. The monoisotopic (exact) mass is 322 g/mol. The van der Waals surface area contributed by atoms with Crippen LogP contribution in [-0.2, 0) is 11.8 Å². The Labute approximate surface area is 138 Å². The highest BCUT2D eigenvalue weighted by atomic mass is 16.2. The standard InChI is InChI=1S/C17H18N6O/c24-16(11-2-3-13-14(8-11)20-22-19-13)23-7-1-5-17(10-23)6-4-12-9-18-21-15(12)17/h2-3,8-9H,1,4-7,10H2,(H,18,21)(H,19,20,22). The van der Waals surface area contributed by atoms with Gasteiger partial charge in [-0.25, -0.2) is 0 Å². The van der Waals surface area contributed by atoms with Crippen molar-refractivity contribution >= 4 is 16.9 Å². The van der Waals surface area contributed by atoms with E-state index in [0.717, 1.165) is 49.8 Å². The first kappa shape index (κ1) is 13.7. The molecule has 1 aliphatic heterocycles. The number of aryl methyl sites for hydroxylation is 1. The van der Waals surface area contributed by atoms with E-state index in [4.69, 9.17) is 0 Å². The number of benzene rings is 1. The van der Waals surface area contributed by atoms with Crippen molar-refractivity contribution in [3.8, 4) is 0 Å². The van der Waals surface area contributed by atoms with Gasteiger partial charge in [-0.15, -0.1) is 0 Å². The number of nitrogens with zero attached hydrogens (tertiary/aromatic N) is 4. The van der Waals surface area contributed by atoms with Gasteiger partial charge in [0.2, 0.25) is 0 Å². The molecular formula is C17H18N6O. The number of aromatic amines is 2. The molecule has 1 unspecified atom stereocenters. The summed E-state index contributed by atoms with van der Waals surface area (Å²) in [4.78, 5) is 15.0. The van der Waals surface area contributed by atoms with Crippen molar-refractivity contribution in [2.45, 2.75) is 31.1 Å². The van der Waals surface area contributed by atoms with Gasteiger partial charge in [0.25, 0.3) is 5.91 Å². The summed E-state index contributed by atoms with van der Waals surface area (Å²) >= 11 is 0. The van der Waals surface area contributed by atoms with E-state index in [1.807, 2.05) is 29.3 Å². The van der Waals surface area contributed by atoms with Crippen LogP contribution in [-0.4, -0.2) is 49.5 Å². The molecule has 1 fully saturated rings. The van der Waals surface area contributed by atoms with E-state index in [2.05, 4.69) is 25.6 Å². The average molecular weight is 322 g/mol. The number of aromatic nitrogens is 5. The third-order valence-corrected chi connectivity index (χ3v) is 5.55. The quantitative estimate of drug-likeness (QED) is 0.715. The van der Waals surface area contributed by atoms with Crippen LogP contribution in [0.3, 0.4) is 0 Å². The minimum Gasteiger partial charge on any atom is -0.338 e. The maximum atomic E-state index is 13.0.